The van der Waals surface area contributed by atoms with E-state index in [1.807, 2.05) is 20.0 Å². The number of hydrogen-bond acceptors (Lipinski definition) is 4. The van der Waals surface area contributed by atoms with Gasteiger partial charge in [-0.1, -0.05) is 29.3 Å². The second kappa shape index (κ2) is 7.30. The lowest BCUT2D eigenvalue weighted by atomic mass is 9.93. The number of aromatic nitrogens is 1. The second-order valence-corrected chi connectivity index (χ2v) is 6.87. The van der Waals surface area contributed by atoms with Gasteiger partial charge in [-0.05, 0) is 31.7 Å². The van der Waals surface area contributed by atoms with Crippen LogP contribution in [0.1, 0.15) is 27.3 Å². The van der Waals surface area contributed by atoms with E-state index in [0.29, 0.717) is 28.7 Å². The van der Waals surface area contributed by atoms with E-state index in [9.17, 15) is 4.79 Å². The highest BCUT2D eigenvalue weighted by molar-refractivity contribution is 6.36. The summed E-state index contributed by atoms with van der Waals surface area (Å²) in [6.45, 7) is 4.04. The van der Waals surface area contributed by atoms with Crippen molar-refractivity contribution < 1.29 is 4.79 Å². The van der Waals surface area contributed by atoms with Gasteiger partial charge in [0.1, 0.15) is 0 Å². The predicted octanol–water partition coefficient (Wildman–Crippen LogP) is 3.00. The molecule has 1 aliphatic heterocycles. The number of halogens is 2. The first-order valence-corrected chi connectivity index (χ1v) is 8.85. The molecular weight excluding hydrogens is 359 g/mol. The van der Waals surface area contributed by atoms with Gasteiger partial charge in [0.25, 0.3) is 5.91 Å². The summed E-state index contributed by atoms with van der Waals surface area (Å²) in [7, 11) is 1.86. The maximum atomic E-state index is 13.0. The summed E-state index contributed by atoms with van der Waals surface area (Å²) in [4.78, 5) is 19.4. The molecule has 0 saturated heterocycles. The first-order chi connectivity index (χ1) is 12.0. The molecule has 0 spiro atoms. The van der Waals surface area contributed by atoms with Crippen LogP contribution in [0.25, 0.3) is 11.1 Å². The SMILES string of the molecule is CNCCN1Cc2nc(C)c(CN)c(-c3ccc(Cl)cc3Cl)c2C1=O. The van der Waals surface area contributed by atoms with Crippen LogP contribution in [0.3, 0.4) is 0 Å². The van der Waals surface area contributed by atoms with Crippen LogP contribution in [0.5, 0.6) is 0 Å². The van der Waals surface area contributed by atoms with Crippen molar-refractivity contribution in [3.05, 3.63) is 50.8 Å². The van der Waals surface area contributed by atoms with Crippen molar-refractivity contribution in [1.82, 2.24) is 15.2 Å². The summed E-state index contributed by atoms with van der Waals surface area (Å²) in [5, 5.41) is 4.11. The number of rotatable bonds is 5. The number of aryl methyl sites for hydroxylation is 1. The number of amides is 1. The first kappa shape index (κ1) is 18.1. The molecule has 2 heterocycles. The largest absolute Gasteiger partial charge is 0.331 e. The van der Waals surface area contributed by atoms with Crippen LogP contribution in [0.15, 0.2) is 18.2 Å². The number of benzene rings is 1. The molecular formula is C18H20Cl2N4O. The summed E-state index contributed by atoms with van der Waals surface area (Å²) >= 11 is 12.5. The zero-order valence-corrected chi connectivity index (χ0v) is 15.7. The van der Waals surface area contributed by atoms with Crippen LogP contribution < -0.4 is 11.1 Å². The molecule has 0 aliphatic carbocycles. The summed E-state index contributed by atoms with van der Waals surface area (Å²) < 4.78 is 0. The summed E-state index contributed by atoms with van der Waals surface area (Å²) in [5.41, 5.74) is 10.6. The van der Waals surface area contributed by atoms with Crippen molar-refractivity contribution >= 4 is 29.1 Å². The van der Waals surface area contributed by atoms with Gasteiger partial charge >= 0.3 is 0 Å². The van der Waals surface area contributed by atoms with Gasteiger partial charge in [-0.15, -0.1) is 0 Å². The Kier molecular flexibility index (Phi) is 5.29. The zero-order chi connectivity index (χ0) is 18.1. The Balaban J connectivity index is 2.21. The Morgan fingerprint density at radius 1 is 1.32 bits per heavy atom. The molecule has 0 fully saturated rings. The molecule has 25 heavy (non-hydrogen) atoms. The molecule has 2 aromatic rings. The minimum Gasteiger partial charge on any atom is -0.331 e. The Morgan fingerprint density at radius 3 is 2.72 bits per heavy atom. The molecule has 3 rings (SSSR count). The van der Waals surface area contributed by atoms with Crippen molar-refractivity contribution in [2.24, 2.45) is 5.73 Å². The molecule has 0 saturated carbocycles. The van der Waals surface area contributed by atoms with E-state index in [1.54, 1.807) is 17.0 Å². The number of fused-ring (bicyclic) bond motifs is 1. The third-order valence-corrected chi connectivity index (χ3v) is 5.01. The average Bonchev–Trinajstić information content (AvgIpc) is 2.87. The van der Waals surface area contributed by atoms with Crippen LogP contribution in [-0.4, -0.2) is 35.9 Å². The lowest BCUT2D eigenvalue weighted by Gasteiger charge is -2.17. The van der Waals surface area contributed by atoms with Gasteiger partial charge in [0.05, 0.1) is 17.8 Å². The molecule has 0 atom stereocenters. The number of likely N-dealkylation sites (N-methyl/N-ethyl adjacent to an activating group) is 1. The van der Waals surface area contributed by atoms with Gasteiger partial charge in [-0.2, -0.15) is 0 Å². The Labute approximate surface area is 157 Å². The van der Waals surface area contributed by atoms with E-state index in [1.165, 1.54) is 0 Å². The highest BCUT2D eigenvalue weighted by atomic mass is 35.5. The van der Waals surface area contributed by atoms with Crippen LogP contribution in [0.2, 0.25) is 10.0 Å². The van der Waals surface area contributed by atoms with Crippen molar-refractivity contribution in [2.45, 2.75) is 20.0 Å². The predicted molar refractivity (Wildman–Crippen MR) is 101 cm³/mol. The van der Waals surface area contributed by atoms with E-state index in [0.717, 1.165) is 34.6 Å². The fourth-order valence-electron chi connectivity index (χ4n) is 3.22. The van der Waals surface area contributed by atoms with Crippen molar-refractivity contribution in [1.29, 1.82) is 0 Å². The highest BCUT2D eigenvalue weighted by Gasteiger charge is 2.33. The third kappa shape index (κ3) is 3.25. The van der Waals surface area contributed by atoms with Crippen LogP contribution in [-0.2, 0) is 13.1 Å². The molecule has 0 bridgehead atoms. The number of carbonyl (C=O) groups excluding carboxylic acids is 1. The van der Waals surface area contributed by atoms with E-state index in [2.05, 4.69) is 10.3 Å². The van der Waals surface area contributed by atoms with Gasteiger partial charge < -0.3 is 16.0 Å². The van der Waals surface area contributed by atoms with E-state index >= 15 is 0 Å². The lowest BCUT2D eigenvalue weighted by Crippen LogP contribution is -2.31. The standard InChI is InChI=1S/C18H20Cl2N4O/c1-10-13(8-21)16(12-4-3-11(19)7-14(12)20)17-15(23-10)9-24(18(17)25)6-5-22-2/h3-4,7,22H,5-6,8-9,21H2,1-2H3. The van der Waals surface area contributed by atoms with Crippen molar-refractivity contribution in [3.8, 4) is 11.1 Å². The Bertz CT molecular complexity index is 838. The van der Waals surface area contributed by atoms with Gasteiger partial charge in [-0.25, -0.2) is 0 Å². The Morgan fingerprint density at radius 2 is 2.08 bits per heavy atom. The van der Waals surface area contributed by atoms with Crippen LogP contribution >= 0.6 is 23.2 Å². The highest BCUT2D eigenvalue weighted by Crippen LogP contribution is 2.39. The minimum absolute atomic E-state index is 0.0338. The number of nitrogens with one attached hydrogen (secondary N) is 1. The molecule has 132 valence electrons. The average molecular weight is 379 g/mol. The van der Waals surface area contributed by atoms with Crippen molar-refractivity contribution in [2.75, 3.05) is 20.1 Å². The molecule has 0 unspecified atom stereocenters. The molecule has 1 aromatic carbocycles. The monoisotopic (exact) mass is 378 g/mol. The van der Waals surface area contributed by atoms with Crippen molar-refractivity contribution in [3.63, 3.8) is 0 Å². The Hall–Kier alpha value is -1.66. The molecule has 3 N–H and O–H groups in total. The number of hydrogen-bond donors (Lipinski definition) is 2. The normalized spacial score (nSPS) is 13.5. The smallest absolute Gasteiger partial charge is 0.256 e. The molecule has 7 heteroatoms. The fourth-order valence-corrected chi connectivity index (χ4v) is 3.73. The quantitative estimate of drug-likeness (QED) is 0.838. The third-order valence-electron chi connectivity index (χ3n) is 4.46. The number of nitrogens with zero attached hydrogens (tertiary/aromatic N) is 2. The minimum atomic E-state index is -0.0338. The maximum Gasteiger partial charge on any atom is 0.256 e. The molecule has 1 amide bonds. The number of pyridine rings is 1. The van der Waals surface area contributed by atoms with Crippen LogP contribution in [0.4, 0.5) is 0 Å². The number of nitrogens with two attached hydrogens (primary N) is 1. The maximum absolute atomic E-state index is 13.0. The van der Waals surface area contributed by atoms with Gasteiger partial charge in [0.15, 0.2) is 0 Å². The second-order valence-electron chi connectivity index (χ2n) is 6.03. The van der Waals surface area contributed by atoms with Gasteiger partial charge in [0.2, 0.25) is 0 Å². The lowest BCUT2D eigenvalue weighted by molar-refractivity contribution is 0.0780. The van der Waals surface area contributed by atoms with Gasteiger partial charge in [0, 0.05) is 46.5 Å². The molecule has 1 aromatic heterocycles. The topological polar surface area (TPSA) is 71.2 Å². The van der Waals surface area contributed by atoms with Crippen LogP contribution in [0, 0.1) is 6.92 Å². The number of carbonyl (C=O) groups is 1. The van der Waals surface area contributed by atoms with E-state index in [4.69, 9.17) is 28.9 Å². The van der Waals surface area contributed by atoms with E-state index < -0.39 is 0 Å². The molecule has 1 aliphatic rings. The van der Waals surface area contributed by atoms with Gasteiger partial charge in [-0.3, -0.25) is 9.78 Å². The summed E-state index contributed by atoms with van der Waals surface area (Å²) in [6, 6.07) is 5.28. The summed E-state index contributed by atoms with van der Waals surface area (Å²) in [5.74, 6) is -0.0338. The molecule has 0 radical (unpaired) electrons. The van der Waals surface area contributed by atoms with E-state index in [-0.39, 0.29) is 12.5 Å². The first-order valence-electron chi connectivity index (χ1n) is 8.09. The zero-order valence-electron chi connectivity index (χ0n) is 14.2. The molecule has 5 nitrogen and oxygen atoms in total. The summed E-state index contributed by atoms with van der Waals surface area (Å²) in [6.07, 6.45) is 0. The fraction of sp³-hybridized carbons (Fsp3) is 0.333.